The first-order valence-electron chi connectivity index (χ1n) is 8.99. The first-order valence-corrected chi connectivity index (χ1v) is 12.1. The fourth-order valence-electron chi connectivity index (χ4n) is 3.55. The van der Waals surface area contributed by atoms with Crippen LogP contribution in [-0.4, -0.2) is 42.3 Å². The zero-order valence-electron chi connectivity index (χ0n) is 15.0. The van der Waals surface area contributed by atoms with E-state index in [9.17, 15) is 13.2 Å². The number of amides is 1. The Labute approximate surface area is 173 Å². The molecule has 0 saturated carbocycles. The molecule has 2 aromatic rings. The summed E-state index contributed by atoms with van der Waals surface area (Å²) in [6.45, 7) is 0. The van der Waals surface area contributed by atoms with Crippen LogP contribution in [0.4, 0.5) is 5.69 Å². The van der Waals surface area contributed by atoms with Crippen LogP contribution in [0.15, 0.2) is 59.6 Å². The Bertz CT molecular complexity index is 1020. The summed E-state index contributed by atoms with van der Waals surface area (Å²) < 4.78 is 24.2. The van der Waals surface area contributed by atoms with Crippen LogP contribution in [0.5, 0.6) is 0 Å². The number of halogens is 1. The molecule has 5 nitrogen and oxygen atoms in total. The molecule has 1 amide bonds. The van der Waals surface area contributed by atoms with Gasteiger partial charge in [0.15, 0.2) is 15.0 Å². The van der Waals surface area contributed by atoms with Gasteiger partial charge in [-0.2, -0.15) is 4.99 Å². The lowest BCUT2D eigenvalue weighted by Crippen LogP contribution is -2.37. The molecule has 146 valence electrons. The van der Waals surface area contributed by atoms with Crippen LogP contribution >= 0.6 is 23.4 Å². The van der Waals surface area contributed by atoms with Crippen LogP contribution in [0.1, 0.15) is 12.0 Å². The number of aliphatic imine (C=N–C) groups is 1. The number of aryl methyl sites for hydroxylation is 1. The lowest BCUT2D eigenvalue weighted by molar-refractivity contribution is -0.117. The summed E-state index contributed by atoms with van der Waals surface area (Å²) in [6, 6.07) is 16.8. The Balaban J connectivity index is 1.59. The molecule has 0 radical (unpaired) electrons. The normalized spacial score (nSPS) is 24.5. The third kappa shape index (κ3) is 4.11. The van der Waals surface area contributed by atoms with Crippen molar-refractivity contribution in [3.05, 3.63) is 65.2 Å². The van der Waals surface area contributed by atoms with E-state index in [1.807, 2.05) is 53.4 Å². The number of amidine groups is 1. The molecule has 2 atom stereocenters. The Morgan fingerprint density at radius 1 is 1.11 bits per heavy atom. The molecule has 0 aliphatic carbocycles. The highest BCUT2D eigenvalue weighted by Gasteiger charge is 2.49. The highest BCUT2D eigenvalue weighted by Crippen LogP contribution is 2.42. The topological polar surface area (TPSA) is 66.8 Å². The van der Waals surface area contributed by atoms with Crippen LogP contribution in [0.2, 0.25) is 5.02 Å². The van der Waals surface area contributed by atoms with Gasteiger partial charge in [-0.3, -0.25) is 4.79 Å². The standard InChI is InChI=1S/C20H19ClN2O3S2/c21-15-8-4-5-9-16(15)23-17-12-28(25,26)13-18(17)27-20(23)22-19(24)11-10-14-6-2-1-3-7-14/h1-9,17-18H,10-13H2/t17-,18+/m1/s1. The number of benzene rings is 2. The minimum atomic E-state index is -3.10. The molecule has 2 heterocycles. The van der Waals surface area contributed by atoms with Crippen molar-refractivity contribution in [1.82, 2.24) is 0 Å². The van der Waals surface area contributed by atoms with Gasteiger partial charge in [-0.15, -0.1) is 0 Å². The highest BCUT2D eigenvalue weighted by atomic mass is 35.5. The average molecular weight is 435 g/mol. The van der Waals surface area contributed by atoms with Crippen molar-refractivity contribution in [3.8, 4) is 0 Å². The molecule has 0 unspecified atom stereocenters. The number of fused-ring (bicyclic) bond motifs is 1. The van der Waals surface area contributed by atoms with Gasteiger partial charge in [0, 0.05) is 11.7 Å². The molecule has 28 heavy (non-hydrogen) atoms. The molecule has 2 fully saturated rings. The van der Waals surface area contributed by atoms with E-state index < -0.39 is 9.84 Å². The second-order valence-electron chi connectivity index (χ2n) is 6.90. The van der Waals surface area contributed by atoms with E-state index in [0.29, 0.717) is 28.7 Å². The minimum Gasteiger partial charge on any atom is -0.314 e. The molecular weight excluding hydrogens is 416 g/mol. The van der Waals surface area contributed by atoms with Crippen molar-refractivity contribution < 1.29 is 13.2 Å². The minimum absolute atomic E-state index is 0.0487. The van der Waals surface area contributed by atoms with Crippen LogP contribution in [0.25, 0.3) is 0 Å². The van der Waals surface area contributed by atoms with Crippen molar-refractivity contribution in [3.63, 3.8) is 0 Å². The lowest BCUT2D eigenvalue weighted by Gasteiger charge is -2.25. The molecule has 4 rings (SSSR count). The Morgan fingerprint density at radius 2 is 1.82 bits per heavy atom. The third-order valence-electron chi connectivity index (χ3n) is 4.87. The predicted octanol–water partition coefficient (Wildman–Crippen LogP) is 3.57. The zero-order chi connectivity index (χ0) is 19.7. The van der Waals surface area contributed by atoms with E-state index in [2.05, 4.69) is 4.99 Å². The van der Waals surface area contributed by atoms with Gasteiger partial charge in [0.25, 0.3) is 0 Å². The molecule has 2 aliphatic rings. The van der Waals surface area contributed by atoms with Crippen LogP contribution < -0.4 is 4.90 Å². The first kappa shape index (κ1) is 19.5. The van der Waals surface area contributed by atoms with Crippen molar-refractivity contribution >= 4 is 50.0 Å². The summed E-state index contributed by atoms with van der Waals surface area (Å²) in [5.74, 6) is -0.0700. The number of thioether (sulfide) groups is 1. The summed E-state index contributed by atoms with van der Waals surface area (Å²) in [5.41, 5.74) is 1.77. The molecule has 0 bridgehead atoms. The van der Waals surface area contributed by atoms with Gasteiger partial charge in [-0.1, -0.05) is 65.8 Å². The van der Waals surface area contributed by atoms with Crippen molar-refractivity contribution in [2.45, 2.75) is 24.1 Å². The maximum atomic E-state index is 12.5. The number of carbonyl (C=O) groups excluding carboxylic acids is 1. The van der Waals surface area contributed by atoms with E-state index in [4.69, 9.17) is 11.6 Å². The number of hydrogen-bond acceptors (Lipinski definition) is 4. The lowest BCUT2D eigenvalue weighted by atomic mass is 10.1. The van der Waals surface area contributed by atoms with Gasteiger partial charge in [0.05, 0.1) is 28.3 Å². The summed E-state index contributed by atoms with van der Waals surface area (Å²) in [4.78, 5) is 18.7. The highest BCUT2D eigenvalue weighted by molar-refractivity contribution is 8.16. The van der Waals surface area contributed by atoms with Gasteiger partial charge >= 0.3 is 0 Å². The van der Waals surface area contributed by atoms with E-state index in [-0.39, 0.29) is 28.7 Å². The van der Waals surface area contributed by atoms with Gasteiger partial charge in [-0.05, 0) is 24.1 Å². The molecular formula is C20H19ClN2O3S2. The van der Waals surface area contributed by atoms with Gasteiger partial charge in [0.2, 0.25) is 5.91 Å². The number of anilines is 1. The Kier molecular flexibility index (Phi) is 5.49. The van der Waals surface area contributed by atoms with Crippen LogP contribution in [-0.2, 0) is 21.1 Å². The van der Waals surface area contributed by atoms with E-state index >= 15 is 0 Å². The van der Waals surface area contributed by atoms with Crippen molar-refractivity contribution in [1.29, 1.82) is 0 Å². The Hall–Kier alpha value is -1.83. The third-order valence-corrected chi connectivity index (χ3v) is 8.40. The predicted molar refractivity (Wildman–Crippen MR) is 115 cm³/mol. The number of sulfone groups is 1. The largest absolute Gasteiger partial charge is 0.314 e. The first-order chi connectivity index (χ1) is 13.4. The fourth-order valence-corrected chi connectivity index (χ4v) is 7.70. The number of nitrogens with zero attached hydrogens (tertiary/aromatic N) is 2. The quantitative estimate of drug-likeness (QED) is 0.735. The number of rotatable bonds is 4. The fraction of sp³-hybridized carbons (Fsp3) is 0.300. The number of hydrogen-bond donors (Lipinski definition) is 0. The molecule has 2 aliphatic heterocycles. The summed E-state index contributed by atoms with van der Waals surface area (Å²) in [5, 5.41) is 0.912. The second kappa shape index (κ2) is 7.89. The van der Waals surface area contributed by atoms with Gasteiger partial charge in [0.1, 0.15) is 0 Å². The van der Waals surface area contributed by atoms with E-state index in [1.54, 1.807) is 6.07 Å². The average Bonchev–Trinajstić information content (AvgIpc) is 3.12. The number of carbonyl (C=O) groups is 1. The summed E-state index contributed by atoms with van der Waals surface area (Å²) >= 11 is 7.73. The van der Waals surface area contributed by atoms with Crippen LogP contribution in [0, 0.1) is 0 Å². The summed E-state index contributed by atoms with van der Waals surface area (Å²) in [6.07, 6.45) is 0.923. The molecule has 0 spiro atoms. The molecule has 0 aromatic heterocycles. The molecule has 8 heteroatoms. The zero-order valence-corrected chi connectivity index (χ0v) is 17.4. The van der Waals surface area contributed by atoms with Gasteiger partial charge < -0.3 is 4.90 Å². The SMILES string of the molecule is O=C(CCc1ccccc1)N=C1S[C@H]2CS(=O)(=O)C[C@H]2N1c1ccccc1Cl. The molecule has 2 saturated heterocycles. The second-order valence-corrected chi connectivity index (χ2v) is 10.7. The van der Waals surface area contributed by atoms with Crippen molar-refractivity contribution in [2.24, 2.45) is 4.99 Å². The molecule has 2 aromatic carbocycles. The van der Waals surface area contributed by atoms with Gasteiger partial charge in [-0.25, -0.2) is 8.42 Å². The maximum Gasteiger partial charge on any atom is 0.248 e. The summed E-state index contributed by atoms with van der Waals surface area (Å²) in [7, 11) is -3.10. The number of para-hydroxylation sites is 1. The van der Waals surface area contributed by atoms with Crippen LogP contribution in [0.3, 0.4) is 0 Å². The maximum absolute atomic E-state index is 12.5. The smallest absolute Gasteiger partial charge is 0.248 e. The Morgan fingerprint density at radius 3 is 2.57 bits per heavy atom. The van der Waals surface area contributed by atoms with E-state index in [1.165, 1.54) is 11.8 Å². The van der Waals surface area contributed by atoms with E-state index in [0.717, 1.165) is 5.56 Å². The van der Waals surface area contributed by atoms with Crippen molar-refractivity contribution in [2.75, 3.05) is 16.4 Å². The molecule has 0 N–H and O–H groups in total. The monoisotopic (exact) mass is 434 g/mol.